The Morgan fingerprint density at radius 2 is 1.97 bits per heavy atom. The Kier molecular flexibility index (Phi) is 6.28. The third-order valence-corrected chi connectivity index (χ3v) is 6.41. The Morgan fingerprint density at radius 3 is 2.69 bits per heavy atom. The Balaban J connectivity index is 1.35. The maximum absolute atomic E-state index is 13.0. The fourth-order valence-electron chi connectivity index (χ4n) is 4.61. The van der Waals surface area contributed by atoms with Crippen LogP contribution in [0.1, 0.15) is 44.9 Å². The molecule has 1 aromatic carbocycles. The topological polar surface area (TPSA) is 80.6 Å². The molecule has 0 unspecified atom stereocenters. The third kappa shape index (κ3) is 4.39. The number of ether oxygens (including phenoxy) is 1. The van der Waals surface area contributed by atoms with Crippen LogP contribution in [0.4, 0.5) is 5.69 Å². The van der Waals surface area contributed by atoms with E-state index in [1.165, 1.54) is 0 Å². The Hall–Kier alpha value is -3.19. The predicted molar refractivity (Wildman–Crippen MR) is 122 cm³/mol. The van der Waals surface area contributed by atoms with Crippen molar-refractivity contribution in [2.45, 2.75) is 33.2 Å². The van der Waals surface area contributed by atoms with Crippen molar-refractivity contribution in [1.82, 2.24) is 9.47 Å². The number of anilines is 1. The van der Waals surface area contributed by atoms with Crippen molar-refractivity contribution in [3.63, 3.8) is 0 Å². The zero-order valence-corrected chi connectivity index (χ0v) is 18.6. The standard InChI is InChI=1S/C25H29N3O4/c1-4-9-28-16(2)12-20(17(28)3)22(29)14-27-10-7-18(8-11-27)25(31)19-5-6-23-21(13-19)26-24(30)15-32-23/h4-6,12-13,18H,1,7-11,14-15H2,2-3H3,(H,26,30). The molecule has 0 bridgehead atoms. The number of hydrogen-bond acceptors (Lipinski definition) is 5. The molecule has 0 saturated carbocycles. The van der Waals surface area contributed by atoms with E-state index in [-0.39, 0.29) is 30.0 Å². The van der Waals surface area contributed by atoms with Gasteiger partial charge in [-0.05, 0) is 64.0 Å². The van der Waals surface area contributed by atoms with Gasteiger partial charge in [0.05, 0.1) is 12.2 Å². The van der Waals surface area contributed by atoms with E-state index in [1.807, 2.05) is 26.0 Å². The molecule has 0 atom stereocenters. The number of aromatic nitrogens is 1. The average molecular weight is 436 g/mol. The van der Waals surface area contributed by atoms with Crippen LogP contribution in [0.25, 0.3) is 0 Å². The molecule has 0 spiro atoms. The third-order valence-electron chi connectivity index (χ3n) is 6.41. The summed E-state index contributed by atoms with van der Waals surface area (Å²) in [4.78, 5) is 39.6. The molecule has 1 amide bonds. The monoisotopic (exact) mass is 435 g/mol. The summed E-state index contributed by atoms with van der Waals surface area (Å²) in [6.07, 6.45) is 3.25. The number of Topliss-reactive ketones (excluding diaryl/α,β-unsaturated/α-hetero) is 2. The van der Waals surface area contributed by atoms with Crippen LogP contribution in [-0.4, -0.2) is 53.2 Å². The molecule has 1 N–H and O–H groups in total. The Bertz CT molecular complexity index is 1080. The number of aryl methyl sites for hydroxylation is 1. The maximum atomic E-state index is 13.0. The average Bonchev–Trinajstić information content (AvgIpc) is 3.07. The van der Waals surface area contributed by atoms with Gasteiger partial charge in [-0.25, -0.2) is 0 Å². The van der Waals surface area contributed by atoms with Crippen LogP contribution < -0.4 is 10.1 Å². The van der Waals surface area contributed by atoms with Crippen LogP contribution >= 0.6 is 0 Å². The SMILES string of the molecule is C=CCn1c(C)cc(C(=O)CN2CCC(C(=O)c3ccc4c(c3)NC(=O)CO4)CC2)c1C. The lowest BCUT2D eigenvalue weighted by atomic mass is 9.88. The molecule has 7 nitrogen and oxygen atoms in total. The highest BCUT2D eigenvalue weighted by atomic mass is 16.5. The molecule has 4 rings (SSSR count). The minimum atomic E-state index is -0.217. The summed E-state index contributed by atoms with van der Waals surface area (Å²) in [7, 11) is 0. The molecule has 1 aromatic heterocycles. The summed E-state index contributed by atoms with van der Waals surface area (Å²) < 4.78 is 7.46. The van der Waals surface area contributed by atoms with Crippen molar-refractivity contribution < 1.29 is 19.1 Å². The Morgan fingerprint density at radius 1 is 1.22 bits per heavy atom. The second kappa shape index (κ2) is 9.12. The number of likely N-dealkylation sites (tertiary alicyclic amines) is 1. The number of fused-ring (bicyclic) bond motifs is 1. The van der Waals surface area contributed by atoms with Gasteiger partial charge in [0.25, 0.3) is 5.91 Å². The highest BCUT2D eigenvalue weighted by Gasteiger charge is 2.28. The second-order valence-corrected chi connectivity index (χ2v) is 8.57. The van der Waals surface area contributed by atoms with Crippen LogP contribution in [0.3, 0.4) is 0 Å². The summed E-state index contributed by atoms with van der Waals surface area (Å²) in [6.45, 7) is 10.2. The van der Waals surface area contributed by atoms with Crippen molar-refractivity contribution in [2.24, 2.45) is 5.92 Å². The van der Waals surface area contributed by atoms with Crippen molar-refractivity contribution in [1.29, 1.82) is 0 Å². The van der Waals surface area contributed by atoms with Gasteiger partial charge in [0.1, 0.15) is 5.75 Å². The highest BCUT2D eigenvalue weighted by Crippen LogP contribution is 2.31. The van der Waals surface area contributed by atoms with Gasteiger partial charge in [-0.1, -0.05) is 6.08 Å². The van der Waals surface area contributed by atoms with Gasteiger partial charge >= 0.3 is 0 Å². The van der Waals surface area contributed by atoms with Crippen LogP contribution in [0.5, 0.6) is 5.75 Å². The molecule has 1 saturated heterocycles. The number of carbonyl (C=O) groups excluding carboxylic acids is 3. The maximum Gasteiger partial charge on any atom is 0.262 e. The molecule has 2 aliphatic heterocycles. The predicted octanol–water partition coefficient (Wildman–Crippen LogP) is 3.40. The van der Waals surface area contributed by atoms with Gasteiger partial charge in [0, 0.05) is 35.0 Å². The molecule has 2 aliphatic rings. The zero-order chi connectivity index (χ0) is 22.8. The number of allylic oxidation sites excluding steroid dienone is 1. The van der Waals surface area contributed by atoms with E-state index < -0.39 is 0 Å². The molecule has 32 heavy (non-hydrogen) atoms. The minimum Gasteiger partial charge on any atom is -0.482 e. The van der Waals surface area contributed by atoms with Gasteiger partial charge in [-0.2, -0.15) is 0 Å². The first-order valence-corrected chi connectivity index (χ1v) is 11.0. The fraction of sp³-hybridized carbons (Fsp3) is 0.400. The number of piperidine rings is 1. The van der Waals surface area contributed by atoms with Gasteiger partial charge < -0.3 is 14.6 Å². The zero-order valence-electron chi connectivity index (χ0n) is 18.6. The van der Waals surface area contributed by atoms with E-state index in [0.29, 0.717) is 56.0 Å². The lowest BCUT2D eigenvalue weighted by Gasteiger charge is -2.31. The fourth-order valence-corrected chi connectivity index (χ4v) is 4.61. The Labute approximate surface area is 188 Å². The number of rotatable bonds is 7. The summed E-state index contributed by atoms with van der Waals surface area (Å²) in [5, 5.41) is 2.75. The number of benzene rings is 1. The summed E-state index contributed by atoms with van der Waals surface area (Å²) in [5.74, 6) is 0.472. The van der Waals surface area contributed by atoms with E-state index in [4.69, 9.17) is 4.74 Å². The van der Waals surface area contributed by atoms with E-state index in [0.717, 1.165) is 17.0 Å². The molecular weight excluding hydrogens is 406 g/mol. The lowest BCUT2D eigenvalue weighted by molar-refractivity contribution is -0.118. The van der Waals surface area contributed by atoms with Gasteiger partial charge in [-0.15, -0.1) is 6.58 Å². The van der Waals surface area contributed by atoms with Crippen LogP contribution in [0.15, 0.2) is 36.9 Å². The number of carbonyl (C=O) groups is 3. The molecular formula is C25H29N3O4. The van der Waals surface area contributed by atoms with Crippen molar-refractivity contribution in [3.8, 4) is 5.75 Å². The van der Waals surface area contributed by atoms with E-state index in [2.05, 4.69) is 21.4 Å². The van der Waals surface area contributed by atoms with E-state index in [9.17, 15) is 14.4 Å². The largest absolute Gasteiger partial charge is 0.482 e. The summed E-state index contributed by atoms with van der Waals surface area (Å²) in [6, 6.07) is 7.14. The first kappa shape index (κ1) is 22.0. The van der Waals surface area contributed by atoms with Crippen LogP contribution in [0, 0.1) is 19.8 Å². The smallest absolute Gasteiger partial charge is 0.262 e. The first-order valence-electron chi connectivity index (χ1n) is 11.0. The van der Waals surface area contributed by atoms with Gasteiger partial charge in [0.2, 0.25) is 0 Å². The molecule has 0 aliphatic carbocycles. The summed E-state index contributed by atoms with van der Waals surface area (Å²) >= 11 is 0. The van der Waals surface area contributed by atoms with Crippen molar-refractivity contribution in [2.75, 3.05) is 31.6 Å². The number of nitrogens with one attached hydrogen (secondary N) is 1. The van der Waals surface area contributed by atoms with Gasteiger partial charge in [-0.3, -0.25) is 19.3 Å². The molecule has 168 valence electrons. The molecule has 3 heterocycles. The van der Waals surface area contributed by atoms with Gasteiger partial charge in [0.15, 0.2) is 18.2 Å². The molecule has 2 aromatic rings. The lowest BCUT2D eigenvalue weighted by Crippen LogP contribution is -2.39. The quantitative estimate of drug-likeness (QED) is 0.533. The molecule has 1 fully saturated rings. The van der Waals surface area contributed by atoms with Crippen LogP contribution in [0.2, 0.25) is 0 Å². The highest BCUT2D eigenvalue weighted by molar-refractivity contribution is 6.02. The number of amides is 1. The van der Waals surface area contributed by atoms with Crippen molar-refractivity contribution in [3.05, 3.63) is 59.4 Å². The van der Waals surface area contributed by atoms with Crippen LogP contribution in [-0.2, 0) is 11.3 Å². The first-order chi connectivity index (χ1) is 15.4. The van der Waals surface area contributed by atoms with Crippen molar-refractivity contribution >= 4 is 23.2 Å². The van der Waals surface area contributed by atoms with E-state index in [1.54, 1.807) is 18.2 Å². The normalized spacial score (nSPS) is 16.8. The minimum absolute atomic E-state index is 0.00442. The van der Waals surface area contributed by atoms with E-state index >= 15 is 0 Å². The molecule has 0 radical (unpaired) electrons. The number of hydrogen-bond donors (Lipinski definition) is 1. The second-order valence-electron chi connectivity index (χ2n) is 8.57. The molecule has 7 heteroatoms. The number of nitrogens with zero attached hydrogens (tertiary/aromatic N) is 2. The summed E-state index contributed by atoms with van der Waals surface area (Å²) in [5.41, 5.74) is 3.92. The number of ketones is 2.